The van der Waals surface area contributed by atoms with Crippen LogP contribution in [0.5, 0.6) is 23.0 Å². The van der Waals surface area contributed by atoms with Gasteiger partial charge in [-0.1, -0.05) is 0 Å². The Labute approximate surface area is 134 Å². The molecule has 2 aromatic carbocycles. The van der Waals surface area contributed by atoms with Gasteiger partial charge in [0, 0.05) is 18.2 Å². The van der Waals surface area contributed by atoms with Gasteiger partial charge in [0.25, 0.3) is 0 Å². The van der Waals surface area contributed by atoms with Crippen LogP contribution in [0.1, 0.15) is 0 Å². The highest BCUT2D eigenvalue weighted by Crippen LogP contribution is 2.35. The number of hydrogen-bond donors (Lipinski definition) is 1. The molecule has 0 atom stereocenters. The number of imidazole rings is 1. The van der Waals surface area contributed by atoms with Crippen LogP contribution < -0.4 is 18.9 Å². The zero-order valence-corrected chi connectivity index (χ0v) is 13.5. The van der Waals surface area contributed by atoms with Crippen molar-refractivity contribution in [2.45, 2.75) is 0 Å². The zero-order valence-electron chi connectivity index (χ0n) is 13.5. The number of aromatic amines is 1. The summed E-state index contributed by atoms with van der Waals surface area (Å²) in [6, 6.07) is 9.30. The van der Waals surface area contributed by atoms with E-state index < -0.39 is 0 Å². The molecule has 6 heteroatoms. The monoisotopic (exact) mass is 314 g/mol. The third-order valence-electron chi connectivity index (χ3n) is 3.65. The van der Waals surface area contributed by atoms with Crippen LogP contribution in [0.25, 0.3) is 22.4 Å². The van der Waals surface area contributed by atoms with Gasteiger partial charge >= 0.3 is 0 Å². The molecule has 120 valence electrons. The zero-order chi connectivity index (χ0) is 16.4. The van der Waals surface area contributed by atoms with Crippen LogP contribution in [0.4, 0.5) is 0 Å². The Balaban J connectivity index is 2.14. The summed E-state index contributed by atoms with van der Waals surface area (Å²) in [4.78, 5) is 7.90. The van der Waals surface area contributed by atoms with Crippen molar-refractivity contribution in [3.63, 3.8) is 0 Å². The minimum absolute atomic E-state index is 0.639. The van der Waals surface area contributed by atoms with Crippen LogP contribution in [-0.2, 0) is 0 Å². The van der Waals surface area contributed by atoms with E-state index in [1.165, 1.54) is 0 Å². The maximum Gasteiger partial charge on any atom is 0.163 e. The third kappa shape index (κ3) is 2.63. The molecule has 0 fully saturated rings. The second-order valence-electron chi connectivity index (χ2n) is 4.88. The Hall–Kier alpha value is -2.89. The van der Waals surface area contributed by atoms with Crippen LogP contribution in [0.15, 0.2) is 30.3 Å². The normalized spacial score (nSPS) is 10.6. The number of benzene rings is 2. The van der Waals surface area contributed by atoms with E-state index in [4.69, 9.17) is 18.9 Å². The van der Waals surface area contributed by atoms with Gasteiger partial charge in [0.1, 0.15) is 17.3 Å². The van der Waals surface area contributed by atoms with E-state index in [1.54, 1.807) is 28.4 Å². The van der Waals surface area contributed by atoms with Crippen LogP contribution >= 0.6 is 0 Å². The Bertz CT molecular complexity index is 801. The summed E-state index contributed by atoms with van der Waals surface area (Å²) in [5.74, 6) is 3.40. The van der Waals surface area contributed by atoms with Gasteiger partial charge in [-0.25, -0.2) is 4.98 Å². The number of ether oxygens (including phenoxy) is 4. The van der Waals surface area contributed by atoms with E-state index in [0.29, 0.717) is 23.1 Å². The van der Waals surface area contributed by atoms with Crippen molar-refractivity contribution in [3.05, 3.63) is 30.3 Å². The summed E-state index contributed by atoms with van der Waals surface area (Å²) in [5.41, 5.74) is 2.49. The number of fused-ring (bicyclic) bond motifs is 1. The topological polar surface area (TPSA) is 65.6 Å². The molecule has 3 rings (SSSR count). The van der Waals surface area contributed by atoms with Crippen molar-refractivity contribution in [2.24, 2.45) is 0 Å². The van der Waals surface area contributed by atoms with Crippen molar-refractivity contribution in [3.8, 4) is 34.4 Å². The van der Waals surface area contributed by atoms with Crippen molar-refractivity contribution in [1.29, 1.82) is 0 Å². The Morgan fingerprint density at radius 2 is 1.48 bits per heavy atom. The average Bonchev–Trinajstić information content (AvgIpc) is 3.02. The van der Waals surface area contributed by atoms with Gasteiger partial charge in [-0.15, -0.1) is 0 Å². The first-order valence-electron chi connectivity index (χ1n) is 7.04. The number of aromatic nitrogens is 2. The van der Waals surface area contributed by atoms with Gasteiger partial charge in [0.05, 0.1) is 45.0 Å². The van der Waals surface area contributed by atoms with Crippen molar-refractivity contribution in [2.75, 3.05) is 28.4 Å². The molecule has 3 aromatic rings. The molecule has 0 aliphatic heterocycles. The summed E-state index contributed by atoms with van der Waals surface area (Å²) in [6.07, 6.45) is 0. The fraction of sp³-hybridized carbons (Fsp3) is 0.235. The lowest BCUT2D eigenvalue weighted by molar-refractivity contribution is 0.356. The first-order chi connectivity index (χ1) is 11.2. The highest BCUT2D eigenvalue weighted by molar-refractivity contribution is 5.84. The number of nitrogens with one attached hydrogen (secondary N) is 1. The number of rotatable bonds is 5. The lowest BCUT2D eigenvalue weighted by atomic mass is 10.2. The summed E-state index contributed by atoms with van der Waals surface area (Å²) in [7, 11) is 6.44. The molecule has 6 nitrogen and oxygen atoms in total. The SMILES string of the molecule is COc1ccc(-c2nc3cc(OC)c(OC)cc3[nH]2)c(OC)c1. The minimum Gasteiger partial charge on any atom is -0.497 e. The Morgan fingerprint density at radius 1 is 0.783 bits per heavy atom. The molecular formula is C17H18N2O4. The lowest BCUT2D eigenvalue weighted by Crippen LogP contribution is -1.91. The average molecular weight is 314 g/mol. The molecule has 0 saturated carbocycles. The first kappa shape index (κ1) is 15.0. The summed E-state index contributed by atoms with van der Waals surface area (Å²) >= 11 is 0. The molecule has 0 saturated heterocycles. The lowest BCUT2D eigenvalue weighted by Gasteiger charge is -2.08. The predicted molar refractivity (Wildman–Crippen MR) is 87.7 cm³/mol. The molecule has 1 N–H and O–H groups in total. The smallest absolute Gasteiger partial charge is 0.163 e. The standard InChI is InChI=1S/C17H18N2O4/c1-20-10-5-6-11(14(7-10)21-2)17-18-12-8-15(22-3)16(23-4)9-13(12)19-17/h5-9H,1-4H3,(H,18,19). The van der Waals surface area contributed by atoms with E-state index in [2.05, 4.69) is 9.97 Å². The number of hydrogen-bond acceptors (Lipinski definition) is 5. The van der Waals surface area contributed by atoms with Gasteiger partial charge in [-0.3, -0.25) is 0 Å². The largest absolute Gasteiger partial charge is 0.497 e. The molecule has 1 heterocycles. The quantitative estimate of drug-likeness (QED) is 0.783. The maximum absolute atomic E-state index is 5.44. The van der Waals surface area contributed by atoms with Crippen molar-refractivity contribution >= 4 is 11.0 Å². The summed E-state index contributed by atoms with van der Waals surface area (Å²) in [5, 5.41) is 0. The summed E-state index contributed by atoms with van der Waals surface area (Å²) in [6.45, 7) is 0. The highest BCUT2D eigenvalue weighted by Gasteiger charge is 2.14. The molecule has 0 spiro atoms. The Kier molecular flexibility index (Phi) is 3.97. The van der Waals surface area contributed by atoms with Gasteiger partial charge in [0.15, 0.2) is 11.5 Å². The van der Waals surface area contributed by atoms with Gasteiger partial charge in [0.2, 0.25) is 0 Å². The second kappa shape index (κ2) is 6.08. The van der Waals surface area contributed by atoms with Crippen LogP contribution in [0.3, 0.4) is 0 Å². The van der Waals surface area contributed by atoms with Gasteiger partial charge in [-0.05, 0) is 12.1 Å². The molecule has 0 amide bonds. The molecule has 1 aromatic heterocycles. The van der Waals surface area contributed by atoms with E-state index >= 15 is 0 Å². The van der Waals surface area contributed by atoms with Crippen LogP contribution in [-0.4, -0.2) is 38.4 Å². The van der Waals surface area contributed by atoms with E-state index in [1.807, 2.05) is 30.3 Å². The minimum atomic E-state index is 0.639. The maximum atomic E-state index is 5.44. The number of H-pyrrole nitrogens is 1. The summed E-state index contributed by atoms with van der Waals surface area (Å²) < 4.78 is 21.3. The van der Waals surface area contributed by atoms with Crippen molar-refractivity contribution < 1.29 is 18.9 Å². The molecule has 0 aliphatic rings. The number of nitrogens with zero attached hydrogens (tertiary/aromatic N) is 1. The molecule has 0 radical (unpaired) electrons. The van der Waals surface area contributed by atoms with Crippen molar-refractivity contribution in [1.82, 2.24) is 9.97 Å². The fourth-order valence-corrected chi connectivity index (χ4v) is 2.46. The molecule has 23 heavy (non-hydrogen) atoms. The fourth-order valence-electron chi connectivity index (χ4n) is 2.46. The number of methoxy groups -OCH3 is 4. The molecular weight excluding hydrogens is 296 g/mol. The third-order valence-corrected chi connectivity index (χ3v) is 3.65. The van der Waals surface area contributed by atoms with Gasteiger partial charge in [-0.2, -0.15) is 0 Å². The molecule has 0 unspecified atom stereocenters. The second-order valence-corrected chi connectivity index (χ2v) is 4.88. The predicted octanol–water partition coefficient (Wildman–Crippen LogP) is 3.26. The molecule has 0 bridgehead atoms. The van der Waals surface area contributed by atoms with E-state index in [0.717, 1.165) is 22.3 Å². The van der Waals surface area contributed by atoms with Crippen LogP contribution in [0, 0.1) is 0 Å². The molecule has 0 aliphatic carbocycles. The van der Waals surface area contributed by atoms with E-state index in [-0.39, 0.29) is 0 Å². The van der Waals surface area contributed by atoms with Gasteiger partial charge < -0.3 is 23.9 Å². The first-order valence-corrected chi connectivity index (χ1v) is 7.04. The van der Waals surface area contributed by atoms with E-state index in [9.17, 15) is 0 Å². The Morgan fingerprint density at radius 3 is 2.13 bits per heavy atom. The highest BCUT2D eigenvalue weighted by atomic mass is 16.5. The van der Waals surface area contributed by atoms with Crippen LogP contribution in [0.2, 0.25) is 0 Å².